The van der Waals surface area contributed by atoms with E-state index in [0.717, 1.165) is 32.1 Å². The first-order valence-electron chi connectivity index (χ1n) is 5.67. The van der Waals surface area contributed by atoms with Crippen molar-refractivity contribution in [3.63, 3.8) is 0 Å². The zero-order chi connectivity index (χ0) is 10.2. The lowest BCUT2D eigenvalue weighted by atomic mass is 10.0. The fourth-order valence-electron chi connectivity index (χ4n) is 1.67. The van der Waals surface area contributed by atoms with E-state index in [9.17, 15) is 4.79 Å². The van der Waals surface area contributed by atoms with E-state index in [1.807, 2.05) is 0 Å². The van der Waals surface area contributed by atoms with Crippen LogP contribution in [0.5, 0.6) is 0 Å². The van der Waals surface area contributed by atoms with E-state index in [-0.39, 0.29) is 12.1 Å². The fourth-order valence-corrected chi connectivity index (χ4v) is 1.67. The lowest BCUT2D eigenvalue weighted by Gasteiger charge is -2.21. The molecule has 0 aromatic carbocycles. The summed E-state index contributed by atoms with van der Waals surface area (Å²) in [7, 11) is 0. The second kappa shape index (κ2) is 6.63. The molecule has 1 saturated heterocycles. The van der Waals surface area contributed by atoms with Gasteiger partial charge >= 0.3 is 5.97 Å². The Bertz CT molecular complexity index is 196. The third-order valence-electron chi connectivity index (χ3n) is 2.48. The van der Waals surface area contributed by atoms with Crippen molar-refractivity contribution < 1.29 is 9.53 Å². The van der Waals surface area contributed by atoms with Crippen molar-refractivity contribution in [1.29, 1.82) is 0 Å². The van der Waals surface area contributed by atoms with Gasteiger partial charge in [-0.1, -0.05) is 25.5 Å². The molecule has 0 aromatic heterocycles. The van der Waals surface area contributed by atoms with Gasteiger partial charge in [0.2, 0.25) is 0 Å². The summed E-state index contributed by atoms with van der Waals surface area (Å²) in [5, 5.41) is 0. The van der Waals surface area contributed by atoms with E-state index in [1.165, 1.54) is 6.42 Å². The maximum Gasteiger partial charge on any atom is 0.306 e. The van der Waals surface area contributed by atoms with Gasteiger partial charge in [0.15, 0.2) is 0 Å². The average Bonchev–Trinajstić information content (AvgIpc) is 2.18. The molecule has 1 aliphatic rings. The fraction of sp³-hybridized carbons (Fsp3) is 0.750. The molecule has 0 aliphatic carbocycles. The number of ether oxygens (including phenoxy) is 1. The van der Waals surface area contributed by atoms with Crippen LogP contribution >= 0.6 is 0 Å². The highest BCUT2D eigenvalue weighted by Gasteiger charge is 2.18. The predicted octanol–water partition coefficient (Wildman–Crippen LogP) is 3.22. The Morgan fingerprint density at radius 3 is 2.93 bits per heavy atom. The summed E-state index contributed by atoms with van der Waals surface area (Å²) in [5.41, 5.74) is 0. The summed E-state index contributed by atoms with van der Waals surface area (Å²) in [4.78, 5) is 11.0. The summed E-state index contributed by atoms with van der Waals surface area (Å²) in [6.45, 7) is 2.17. The summed E-state index contributed by atoms with van der Waals surface area (Å²) in [6, 6.07) is 0. The third-order valence-corrected chi connectivity index (χ3v) is 2.48. The van der Waals surface area contributed by atoms with Crippen LogP contribution in [0.1, 0.15) is 51.9 Å². The molecule has 0 saturated carbocycles. The monoisotopic (exact) mass is 196 g/mol. The molecule has 0 spiro atoms. The highest BCUT2D eigenvalue weighted by molar-refractivity contribution is 5.70. The van der Waals surface area contributed by atoms with E-state index in [0.29, 0.717) is 6.42 Å². The summed E-state index contributed by atoms with van der Waals surface area (Å²) < 4.78 is 5.22. The molecular formula is C12H20O2. The molecule has 1 unspecified atom stereocenters. The Hall–Kier alpha value is -0.790. The van der Waals surface area contributed by atoms with Crippen molar-refractivity contribution in [2.45, 2.75) is 58.0 Å². The van der Waals surface area contributed by atoms with E-state index in [4.69, 9.17) is 4.74 Å². The first kappa shape index (κ1) is 11.3. The van der Waals surface area contributed by atoms with Crippen molar-refractivity contribution in [3.8, 4) is 0 Å². The molecule has 0 bridgehead atoms. The van der Waals surface area contributed by atoms with Crippen LogP contribution < -0.4 is 0 Å². The molecule has 0 aromatic rings. The first-order valence-corrected chi connectivity index (χ1v) is 5.67. The van der Waals surface area contributed by atoms with E-state index in [1.54, 1.807) is 0 Å². The van der Waals surface area contributed by atoms with E-state index < -0.39 is 0 Å². The molecule has 1 atom stereocenters. The van der Waals surface area contributed by atoms with Crippen molar-refractivity contribution >= 4 is 5.97 Å². The number of hydrogen-bond acceptors (Lipinski definition) is 2. The molecule has 0 radical (unpaired) electrons. The van der Waals surface area contributed by atoms with Gasteiger partial charge in [0.05, 0.1) is 0 Å². The van der Waals surface area contributed by atoms with E-state index in [2.05, 4.69) is 19.1 Å². The van der Waals surface area contributed by atoms with Crippen LogP contribution in [-0.4, -0.2) is 12.1 Å². The topological polar surface area (TPSA) is 26.3 Å². The standard InChI is InChI=1S/C12H20O2/c1-2-3-4-5-6-8-11-9-7-10-12(13)14-11/h4-5,11H,2-3,6-10H2,1H3/b5-4+. The molecule has 1 rings (SSSR count). The van der Waals surface area contributed by atoms with E-state index >= 15 is 0 Å². The zero-order valence-corrected chi connectivity index (χ0v) is 9.00. The van der Waals surface area contributed by atoms with Crippen LogP contribution in [-0.2, 0) is 9.53 Å². The molecule has 80 valence electrons. The number of esters is 1. The minimum Gasteiger partial charge on any atom is -0.462 e. The van der Waals surface area contributed by atoms with Gasteiger partial charge in [0, 0.05) is 6.42 Å². The van der Waals surface area contributed by atoms with Gasteiger partial charge in [-0.3, -0.25) is 4.79 Å². The molecule has 0 N–H and O–H groups in total. The van der Waals surface area contributed by atoms with Crippen molar-refractivity contribution in [1.82, 2.24) is 0 Å². The number of carbonyl (C=O) groups is 1. The number of rotatable bonds is 5. The normalized spacial score (nSPS) is 22.6. The van der Waals surface area contributed by atoms with Gasteiger partial charge < -0.3 is 4.74 Å². The highest BCUT2D eigenvalue weighted by atomic mass is 16.5. The highest BCUT2D eigenvalue weighted by Crippen LogP contribution is 2.18. The average molecular weight is 196 g/mol. The summed E-state index contributed by atoms with van der Waals surface area (Å²) in [6.07, 6.45) is 11.7. The molecule has 1 heterocycles. The molecule has 2 nitrogen and oxygen atoms in total. The van der Waals surface area contributed by atoms with Crippen LogP contribution in [0.15, 0.2) is 12.2 Å². The predicted molar refractivity (Wildman–Crippen MR) is 57.0 cm³/mol. The molecule has 2 heteroatoms. The van der Waals surface area contributed by atoms with Crippen LogP contribution in [0.25, 0.3) is 0 Å². The van der Waals surface area contributed by atoms with Gasteiger partial charge in [-0.25, -0.2) is 0 Å². The molecule has 1 fully saturated rings. The van der Waals surface area contributed by atoms with Gasteiger partial charge in [0.1, 0.15) is 6.10 Å². The van der Waals surface area contributed by atoms with Crippen LogP contribution in [0.2, 0.25) is 0 Å². The molecule has 1 aliphatic heterocycles. The van der Waals surface area contributed by atoms with Crippen molar-refractivity contribution in [2.75, 3.05) is 0 Å². The minimum absolute atomic E-state index is 0.0150. The molecule has 0 amide bonds. The smallest absolute Gasteiger partial charge is 0.306 e. The van der Waals surface area contributed by atoms with Gasteiger partial charge in [-0.2, -0.15) is 0 Å². The van der Waals surface area contributed by atoms with Crippen molar-refractivity contribution in [3.05, 3.63) is 12.2 Å². The van der Waals surface area contributed by atoms with Crippen LogP contribution in [0.3, 0.4) is 0 Å². The lowest BCUT2D eigenvalue weighted by molar-refractivity contribution is -0.153. The van der Waals surface area contributed by atoms with Crippen LogP contribution in [0.4, 0.5) is 0 Å². The Balaban J connectivity index is 2.08. The molecular weight excluding hydrogens is 176 g/mol. The Morgan fingerprint density at radius 1 is 1.43 bits per heavy atom. The third kappa shape index (κ3) is 4.45. The lowest BCUT2D eigenvalue weighted by Crippen LogP contribution is -2.23. The van der Waals surface area contributed by atoms with Gasteiger partial charge in [-0.05, 0) is 32.1 Å². The zero-order valence-electron chi connectivity index (χ0n) is 9.00. The minimum atomic E-state index is -0.0150. The number of unbranched alkanes of at least 4 members (excludes halogenated alkanes) is 1. The van der Waals surface area contributed by atoms with Gasteiger partial charge in [0.25, 0.3) is 0 Å². The quantitative estimate of drug-likeness (QED) is 0.498. The number of carbonyl (C=O) groups excluding carboxylic acids is 1. The molecule has 14 heavy (non-hydrogen) atoms. The maximum absolute atomic E-state index is 11.0. The van der Waals surface area contributed by atoms with Gasteiger partial charge in [-0.15, -0.1) is 0 Å². The number of allylic oxidation sites excluding steroid dienone is 2. The Kier molecular flexibility index (Phi) is 5.35. The Morgan fingerprint density at radius 2 is 2.21 bits per heavy atom. The SMILES string of the molecule is CCC/C=C/CCC1CCCC(=O)O1. The second-order valence-corrected chi connectivity index (χ2v) is 3.84. The largest absolute Gasteiger partial charge is 0.462 e. The summed E-state index contributed by atoms with van der Waals surface area (Å²) in [5.74, 6) is -0.0150. The maximum atomic E-state index is 11.0. The van der Waals surface area contributed by atoms with Crippen molar-refractivity contribution in [2.24, 2.45) is 0 Å². The Labute approximate surface area is 86.3 Å². The number of cyclic esters (lactones) is 1. The summed E-state index contributed by atoms with van der Waals surface area (Å²) >= 11 is 0. The van der Waals surface area contributed by atoms with Crippen LogP contribution in [0, 0.1) is 0 Å². The first-order chi connectivity index (χ1) is 6.83. The number of hydrogen-bond donors (Lipinski definition) is 0. The second-order valence-electron chi connectivity index (χ2n) is 3.84.